The van der Waals surface area contributed by atoms with E-state index in [1.165, 1.54) is 0 Å². The van der Waals surface area contributed by atoms with Crippen LogP contribution in [0, 0.1) is 0 Å². The number of fused-ring (bicyclic) bond motifs is 2. The molecule has 3 unspecified atom stereocenters. The van der Waals surface area contributed by atoms with E-state index in [2.05, 4.69) is 11.9 Å². The first-order valence-electron chi connectivity index (χ1n) is 8.65. The van der Waals surface area contributed by atoms with Crippen molar-refractivity contribution in [1.29, 1.82) is 0 Å². The topological polar surface area (TPSA) is 72.9 Å². The molecule has 25 heavy (non-hydrogen) atoms. The summed E-state index contributed by atoms with van der Waals surface area (Å²) in [5.74, 6) is -1.16. The summed E-state index contributed by atoms with van der Waals surface area (Å²) in [7, 11) is -1.49. The molecule has 0 aliphatic carbocycles. The molecular weight excluding hydrogens is 342 g/mol. The highest BCUT2D eigenvalue weighted by molar-refractivity contribution is 7.85. The maximum absolute atomic E-state index is 12.7. The number of rotatable bonds is 6. The van der Waals surface area contributed by atoms with Crippen LogP contribution in [0.25, 0.3) is 0 Å². The van der Waals surface area contributed by atoms with E-state index in [1.54, 1.807) is 12.1 Å². The Morgan fingerprint density at radius 2 is 1.80 bits per heavy atom. The van der Waals surface area contributed by atoms with Crippen molar-refractivity contribution in [3.05, 3.63) is 35.9 Å². The molecule has 1 aromatic rings. The van der Waals surface area contributed by atoms with Gasteiger partial charge < -0.3 is 9.64 Å². The summed E-state index contributed by atoms with van der Waals surface area (Å²) in [4.78, 5) is 15.1. The summed E-state index contributed by atoms with van der Waals surface area (Å²) in [6.45, 7) is -0.235. The fraction of sp³-hybridized carbons (Fsp3) is 0.611. The summed E-state index contributed by atoms with van der Waals surface area (Å²) in [6, 6.07) is 9.99. The lowest BCUT2D eigenvalue weighted by atomic mass is 9.98. The molecule has 0 N–H and O–H groups in total. The molecule has 3 atom stereocenters. The second kappa shape index (κ2) is 7.43. The summed E-state index contributed by atoms with van der Waals surface area (Å²) in [5, 5.41) is 0. The van der Waals surface area contributed by atoms with Crippen molar-refractivity contribution in [2.45, 2.75) is 49.8 Å². The molecule has 2 fully saturated rings. The van der Waals surface area contributed by atoms with Crippen LogP contribution in [0.1, 0.15) is 37.2 Å². The van der Waals surface area contributed by atoms with Gasteiger partial charge in [0.2, 0.25) is 0 Å². The van der Waals surface area contributed by atoms with E-state index in [1.807, 2.05) is 18.2 Å². The fourth-order valence-electron chi connectivity index (χ4n) is 3.88. The summed E-state index contributed by atoms with van der Waals surface area (Å²) < 4.78 is 33.3. The zero-order chi connectivity index (χ0) is 18.0. The van der Waals surface area contributed by atoms with E-state index in [-0.39, 0.29) is 12.7 Å². The lowest BCUT2D eigenvalue weighted by Crippen LogP contribution is -2.44. The highest BCUT2D eigenvalue weighted by Crippen LogP contribution is 2.36. The Morgan fingerprint density at radius 1 is 1.20 bits per heavy atom. The van der Waals surface area contributed by atoms with Crippen LogP contribution in [0.4, 0.5) is 0 Å². The van der Waals surface area contributed by atoms with Gasteiger partial charge in [0, 0.05) is 12.1 Å². The van der Waals surface area contributed by atoms with Crippen LogP contribution in [0.15, 0.2) is 30.3 Å². The van der Waals surface area contributed by atoms with Gasteiger partial charge >= 0.3 is 5.97 Å². The van der Waals surface area contributed by atoms with Crippen LogP contribution < -0.4 is 0 Å². The number of ether oxygens (including phenoxy) is 1. The van der Waals surface area contributed by atoms with Gasteiger partial charge in [-0.3, -0.25) is 8.98 Å². The lowest BCUT2D eigenvalue weighted by Gasteiger charge is -2.36. The molecule has 2 aliphatic heterocycles. The van der Waals surface area contributed by atoms with Crippen molar-refractivity contribution < 1.29 is 22.1 Å². The molecule has 3 rings (SSSR count). The number of benzene rings is 1. The fourth-order valence-corrected chi connectivity index (χ4v) is 4.26. The molecule has 0 aromatic heterocycles. The number of nitrogens with zero attached hydrogens (tertiary/aromatic N) is 1. The standard InChI is InChI=1S/C18H25NO5S/c1-19-14-8-9-15(19)11-16(10-14)24-18(20)17(12-23-25(2,21)22)13-6-4-3-5-7-13/h3-7,14-17H,8-12H2,1-2H3. The van der Waals surface area contributed by atoms with Gasteiger partial charge in [0.25, 0.3) is 10.1 Å². The van der Waals surface area contributed by atoms with Crippen LogP contribution in [0.5, 0.6) is 0 Å². The molecule has 138 valence electrons. The molecule has 6 nitrogen and oxygen atoms in total. The number of piperidine rings is 1. The van der Waals surface area contributed by atoms with Crippen molar-refractivity contribution in [2.75, 3.05) is 19.9 Å². The SMILES string of the molecule is CN1C2CCC1CC(OC(=O)C(COS(C)(=O)=O)c1ccccc1)C2. The van der Waals surface area contributed by atoms with Gasteiger partial charge in [-0.15, -0.1) is 0 Å². The molecule has 7 heteroatoms. The highest BCUT2D eigenvalue weighted by atomic mass is 32.2. The van der Waals surface area contributed by atoms with Crippen molar-refractivity contribution in [1.82, 2.24) is 4.90 Å². The number of hydrogen-bond acceptors (Lipinski definition) is 6. The van der Waals surface area contributed by atoms with Crippen LogP contribution in [-0.2, 0) is 23.8 Å². The Bertz CT molecular complexity index is 691. The second-order valence-electron chi connectivity index (χ2n) is 7.03. The van der Waals surface area contributed by atoms with E-state index < -0.39 is 22.0 Å². The highest BCUT2D eigenvalue weighted by Gasteiger charge is 2.40. The Balaban J connectivity index is 1.69. The zero-order valence-electron chi connectivity index (χ0n) is 14.6. The zero-order valence-corrected chi connectivity index (χ0v) is 15.4. The summed E-state index contributed by atoms with van der Waals surface area (Å²) in [5.41, 5.74) is 0.701. The molecule has 2 saturated heterocycles. The van der Waals surface area contributed by atoms with Crippen LogP contribution in [-0.4, -0.2) is 57.4 Å². The molecule has 0 spiro atoms. The van der Waals surface area contributed by atoms with Gasteiger partial charge in [-0.05, 0) is 38.3 Å². The van der Waals surface area contributed by atoms with Gasteiger partial charge in [-0.1, -0.05) is 30.3 Å². The third kappa shape index (κ3) is 4.59. The molecule has 1 aromatic carbocycles. The minimum absolute atomic E-state index is 0.106. The van der Waals surface area contributed by atoms with Crippen LogP contribution in [0.2, 0.25) is 0 Å². The molecular formula is C18H25NO5S. The summed E-state index contributed by atoms with van der Waals surface area (Å²) in [6.07, 6.45) is 4.85. The van der Waals surface area contributed by atoms with Gasteiger partial charge in [0.15, 0.2) is 0 Å². The molecule has 0 saturated carbocycles. The Hall–Kier alpha value is -1.44. The van der Waals surface area contributed by atoms with E-state index in [9.17, 15) is 13.2 Å². The number of hydrogen-bond donors (Lipinski definition) is 0. The Labute approximate surface area is 149 Å². The smallest absolute Gasteiger partial charge is 0.316 e. The summed E-state index contributed by atoms with van der Waals surface area (Å²) >= 11 is 0. The number of esters is 1. The minimum Gasteiger partial charge on any atom is -0.462 e. The van der Waals surface area contributed by atoms with Crippen molar-refractivity contribution in [3.8, 4) is 0 Å². The molecule has 2 bridgehead atoms. The maximum Gasteiger partial charge on any atom is 0.316 e. The Kier molecular flexibility index (Phi) is 5.46. The first kappa shape index (κ1) is 18.4. The molecule has 2 heterocycles. The first-order valence-corrected chi connectivity index (χ1v) is 10.5. The van der Waals surface area contributed by atoms with Gasteiger partial charge in [0.05, 0.1) is 12.9 Å². The van der Waals surface area contributed by atoms with E-state index in [0.29, 0.717) is 17.6 Å². The third-order valence-corrected chi connectivity index (χ3v) is 5.84. The van der Waals surface area contributed by atoms with E-state index in [4.69, 9.17) is 8.92 Å². The van der Waals surface area contributed by atoms with Crippen molar-refractivity contribution >= 4 is 16.1 Å². The average Bonchev–Trinajstić information content (AvgIpc) is 2.77. The number of carbonyl (C=O) groups excluding carboxylic acids is 1. The molecule has 0 radical (unpaired) electrons. The predicted octanol–water partition coefficient (Wildman–Crippen LogP) is 1.91. The normalized spacial score (nSPS) is 27.8. The second-order valence-corrected chi connectivity index (χ2v) is 8.68. The van der Waals surface area contributed by atoms with Crippen LogP contribution in [0.3, 0.4) is 0 Å². The van der Waals surface area contributed by atoms with E-state index >= 15 is 0 Å². The Morgan fingerprint density at radius 3 is 2.36 bits per heavy atom. The van der Waals surface area contributed by atoms with Crippen LogP contribution >= 0.6 is 0 Å². The molecule has 2 aliphatic rings. The predicted molar refractivity (Wildman–Crippen MR) is 93.7 cm³/mol. The maximum atomic E-state index is 12.7. The van der Waals surface area contributed by atoms with Gasteiger partial charge in [0.1, 0.15) is 12.0 Å². The largest absolute Gasteiger partial charge is 0.462 e. The van der Waals surface area contributed by atoms with E-state index in [0.717, 1.165) is 31.9 Å². The monoisotopic (exact) mass is 367 g/mol. The quantitative estimate of drug-likeness (QED) is 0.565. The van der Waals surface area contributed by atoms with Gasteiger partial charge in [-0.25, -0.2) is 0 Å². The van der Waals surface area contributed by atoms with Crippen molar-refractivity contribution in [2.24, 2.45) is 0 Å². The van der Waals surface area contributed by atoms with Crippen molar-refractivity contribution in [3.63, 3.8) is 0 Å². The minimum atomic E-state index is -3.62. The average molecular weight is 367 g/mol. The lowest BCUT2D eigenvalue weighted by molar-refractivity contribution is -0.155. The third-order valence-electron chi connectivity index (χ3n) is 5.27. The molecule has 0 amide bonds. The first-order chi connectivity index (χ1) is 11.8. The van der Waals surface area contributed by atoms with Gasteiger partial charge in [-0.2, -0.15) is 8.42 Å². The number of carbonyl (C=O) groups is 1.